The Kier molecular flexibility index (Phi) is 19.8. The predicted octanol–water partition coefficient (Wildman–Crippen LogP) is 3.71. The Morgan fingerprint density at radius 1 is 0.759 bits per heavy atom. The van der Waals surface area contributed by atoms with Crippen LogP contribution in [0.2, 0.25) is 0 Å². The Labute approximate surface area is 399 Å². The van der Waals surface area contributed by atoms with Gasteiger partial charge in [-0.1, -0.05) is 80.8 Å². The van der Waals surface area contributed by atoms with E-state index < -0.39 is 7.23 Å². The number of allylic oxidation sites excluding steroid dienone is 6. The van der Waals surface area contributed by atoms with E-state index in [0.29, 0.717) is 11.8 Å². The number of ether oxygens (including phenoxy) is 2. The van der Waals surface area contributed by atoms with E-state index in [1.165, 1.54) is 28.7 Å². The van der Waals surface area contributed by atoms with Crippen molar-refractivity contribution in [3.63, 3.8) is 0 Å². The molecule has 6 rings (SSSR count). The summed E-state index contributed by atoms with van der Waals surface area (Å²) in [5.74, 6) is 30.9. The number of aromatic hydroxyl groups is 1. The molecule has 2 saturated carbocycles. The number of hydrogen-bond acceptors (Lipinski definition) is 5. The number of phenolic OH excluding ortho intramolecular Hbond substituents is 1. The van der Waals surface area contributed by atoms with Gasteiger partial charge >= 0.3 is 59.1 Å². The maximum absolute atomic E-state index is 11.6. The summed E-state index contributed by atoms with van der Waals surface area (Å²) in [5, 5.41) is 9.89. The first-order valence-electron chi connectivity index (χ1n) is 18.5. The fraction of sp³-hybridized carbons (Fsp3) is 0.333. The van der Waals surface area contributed by atoms with Gasteiger partial charge in [0.05, 0.1) is 14.2 Å². The molecule has 0 saturated heterocycles. The SMILES string of the molecule is C#CC#CC#CC1C=C(C)C2CCCC1/C2=C(\OC)c1cccc(O)c1.C#CC#CC#CC1C=C(C)C2CCCC1/C2=C(\OC)c1cccc(OP([O-])(O)=P)c1.[H-].[HH].[HH].[HH].[HH].[Na+].[Na+]. The van der Waals surface area contributed by atoms with Crippen LogP contribution in [0, 0.1) is 108 Å². The Balaban J connectivity index is -0.00000104. The van der Waals surface area contributed by atoms with Crippen molar-refractivity contribution in [1.82, 2.24) is 0 Å². The molecule has 0 radical (unpaired) electrons. The van der Waals surface area contributed by atoms with Crippen molar-refractivity contribution in [3.05, 3.63) is 94.1 Å². The average Bonchev–Trinajstić information content (AvgIpc) is 3.16. The Morgan fingerprint density at radius 3 is 1.66 bits per heavy atom. The van der Waals surface area contributed by atoms with Crippen LogP contribution in [0.5, 0.6) is 11.5 Å². The van der Waals surface area contributed by atoms with E-state index in [1.54, 1.807) is 44.6 Å². The Bertz CT molecular complexity index is 2390. The third kappa shape index (κ3) is 12.6. The van der Waals surface area contributed by atoms with Gasteiger partial charge in [-0.05, 0) is 122 Å². The molecule has 4 aliphatic carbocycles. The first-order chi connectivity index (χ1) is 27.0. The van der Waals surface area contributed by atoms with Crippen LogP contribution in [0.15, 0.2) is 83.0 Å². The molecular weight excluding hydrogens is 780 g/mol. The molecule has 4 aliphatic rings. The van der Waals surface area contributed by atoms with Crippen molar-refractivity contribution >= 4 is 27.3 Å². The molecule has 2 fully saturated rings. The molecule has 10 heteroatoms. The molecule has 7 unspecified atom stereocenters. The van der Waals surface area contributed by atoms with Gasteiger partial charge in [-0.15, -0.1) is 12.8 Å². The number of fused-ring (bicyclic) bond motifs is 4. The van der Waals surface area contributed by atoms with E-state index in [4.69, 9.17) is 26.8 Å². The summed E-state index contributed by atoms with van der Waals surface area (Å²) in [6.07, 6.45) is 21.4. The number of phenols is 1. The van der Waals surface area contributed by atoms with E-state index in [9.17, 15) is 14.9 Å². The van der Waals surface area contributed by atoms with E-state index in [1.807, 2.05) is 18.2 Å². The van der Waals surface area contributed by atoms with Gasteiger partial charge in [0.15, 0.2) is 0 Å². The molecule has 2 aromatic carbocycles. The summed E-state index contributed by atoms with van der Waals surface area (Å²) in [5.41, 5.74) is 6.83. The van der Waals surface area contributed by atoms with Crippen LogP contribution in [0.4, 0.5) is 0 Å². The van der Waals surface area contributed by atoms with Gasteiger partial charge < -0.3 is 30.3 Å². The number of hydrogen-bond donors (Lipinski definition) is 2. The van der Waals surface area contributed by atoms with E-state index >= 15 is 0 Å². The molecule has 2 aromatic rings. The second-order valence-corrected chi connectivity index (χ2v) is 17.0. The molecule has 0 heterocycles. The predicted molar refractivity (Wildman–Crippen MR) is 235 cm³/mol. The first-order valence-corrected chi connectivity index (χ1v) is 21.4. The fourth-order valence-corrected chi connectivity index (χ4v) is 9.26. The summed E-state index contributed by atoms with van der Waals surface area (Å²) in [7, 11) is 2.23. The summed E-state index contributed by atoms with van der Waals surface area (Å²) in [4.78, 5) is 21.1. The minimum Gasteiger partial charge on any atom is -1.00 e. The molecular formula is C48H54Na2O6P2. The maximum Gasteiger partial charge on any atom is 1.00 e. The normalized spacial score (nSPS) is 24.7. The number of terminal acetylenes is 2. The molecule has 6 nitrogen and oxygen atoms in total. The van der Waals surface area contributed by atoms with Gasteiger partial charge in [-0.25, -0.2) is 0 Å². The largest absolute Gasteiger partial charge is 1.00 e. The molecule has 0 aliphatic heterocycles. The summed E-state index contributed by atoms with van der Waals surface area (Å²) >= 11 is 0. The molecule has 0 aromatic heterocycles. The minimum atomic E-state index is -3.84. The topological polar surface area (TPSA) is 91.2 Å². The minimum absolute atomic E-state index is 0. The number of rotatable bonds is 6. The van der Waals surface area contributed by atoms with Crippen LogP contribution in [-0.2, 0) is 9.47 Å². The average molecular weight is 835 g/mol. The van der Waals surface area contributed by atoms with E-state index in [-0.39, 0.29) is 101 Å². The molecule has 7 atom stereocenters. The first kappa shape index (κ1) is 49.0. The van der Waals surface area contributed by atoms with E-state index in [0.717, 1.165) is 54.7 Å². The summed E-state index contributed by atoms with van der Waals surface area (Å²) in [6.45, 7) is 4.30. The summed E-state index contributed by atoms with van der Waals surface area (Å²) < 4.78 is 16.9. The molecule has 58 heavy (non-hydrogen) atoms. The zero-order chi connectivity index (χ0) is 40.2. The van der Waals surface area contributed by atoms with Gasteiger partial charge in [0.2, 0.25) is 0 Å². The quantitative estimate of drug-likeness (QED) is 0.152. The van der Waals surface area contributed by atoms with Crippen molar-refractivity contribution in [3.8, 4) is 83.6 Å². The second-order valence-electron chi connectivity index (χ2n) is 14.0. The van der Waals surface area contributed by atoms with Crippen molar-refractivity contribution in [2.45, 2.75) is 52.4 Å². The Morgan fingerprint density at radius 2 is 1.22 bits per heavy atom. The fourth-order valence-electron chi connectivity index (χ4n) is 8.55. The van der Waals surface area contributed by atoms with Crippen LogP contribution in [0.3, 0.4) is 0 Å². The smallest absolute Gasteiger partial charge is 1.00 e. The molecule has 2 N–H and O–H groups in total. The van der Waals surface area contributed by atoms with Gasteiger partial charge in [-0.2, -0.15) is 0 Å². The number of benzene rings is 2. The third-order valence-electron chi connectivity index (χ3n) is 10.7. The second kappa shape index (κ2) is 23.4. The van der Waals surface area contributed by atoms with Crippen molar-refractivity contribution < 1.29 is 95.1 Å². The standard InChI is InChI=1S/C24H23O4P2.C24H22O2.2Na.4H2.H/c1-4-5-6-7-10-18-15-17(2)21-13-9-14-22(18)23(21)24(27-3)19-11-8-12-20(16-19)28-30(25,26)29;1-4-5-6-7-10-18-15-17(2)21-13-9-14-22(18)23(21)24(26-3)19-11-8-12-20(25)16-19;;;;;;;/h1,8,11-12,15-16,18,21-22,29H,9,13-14H2,2-3H3,(H-,25,26);1,8,11-12,15-16,18,21-22,25H,9,13-14H2,2-3H3;;;4*1H;/q-1;;2*+1;;;;;-1/b2*24-23-;;;;;;;. The zero-order valence-electron chi connectivity index (χ0n) is 35.1. The van der Waals surface area contributed by atoms with Gasteiger partial charge in [-0.3, -0.25) is 0 Å². The zero-order valence-corrected chi connectivity index (χ0v) is 40.0. The van der Waals surface area contributed by atoms with Gasteiger partial charge in [0.1, 0.15) is 30.2 Å². The van der Waals surface area contributed by atoms with Crippen LogP contribution >= 0.6 is 15.8 Å². The third-order valence-corrected chi connectivity index (χ3v) is 11.4. The van der Waals surface area contributed by atoms with E-state index in [2.05, 4.69) is 93.7 Å². The summed E-state index contributed by atoms with van der Waals surface area (Å²) in [6, 6.07) is 14.3. The van der Waals surface area contributed by atoms with Crippen LogP contribution in [0.25, 0.3) is 11.5 Å². The van der Waals surface area contributed by atoms with Crippen molar-refractivity contribution in [1.29, 1.82) is 0 Å². The molecule has 4 bridgehead atoms. The van der Waals surface area contributed by atoms with Crippen molar-refractivity contribution in [2.24, 2.45) is 35.5 Å². The molecule has 0 amide bonds. The number of methoxy groups -OCH3 is 2. The maximum atomic E-state index is 11.6. The molecule has 294 valence electrons. The van der Waals surface area contributed by atoms with Crippen LogP contribution in [-0.4, -0.2) is 24.2 Å². The van der Waals surface area contributed by atoms with Crippen LogP contribution < -0.4 is 68.5 Å². The molecule has 0 spiro atoms. The van der Waals surface area contributed by atoms with Gasteiger partial charge in [0, 0.05) is 52.3 Å². The monoisotopic (exact) mass is 834 g/mol. The Hall–Kier alpha value is -3.39. The van der Waals surface area contributed by atoms with Gasteiger partial charge in [0.25, 0.3) is 0 Å². The van der Waals surface area contributed by atoms with Crippen LogP contribution in [0.1, 0.15) is 70.6 Å². The van der Waals surface area contributed by atoms with Crippen molar-refractivity contribution in [2.75, 3.05) is 14.2 Å².